The smallest absolute Gasteiger partial charge is 0.161 e. The number of hydrogen-bond donors (Lipinski definition) is 2. The van der Waals surface area contributed by atoms with Gasteiger partial charge in [0.25, 0.3) is 0 Å². The number of aromatic nitrogens is 2. The van der Waals surface area contributed by atoms with Crippen LogP contribution in [0, 0.1) is 0 Å². The van der Waals surface area contributed by atoms with Crippen LogP contribution in [0.1, 0.15) is 12.6 Å². The molecule has 0 amide bonds. The molecule has 0 saturated heterocycles. The lowest BCUT2D eigenvalue weighted by Crippen LogP contribution is -2.09. The van der Waals surface area contributed by atoms with E-state index in [1.165, 1.54) is 11.5 Å². The average molecular weight is 266 g/mol. The molecule has 0 fully saturated rings. The van der Waals surface area contributed by atoms with Crippen LogP contribution in [0.15, 0.2) is 24.3 Å². The third kappa shape index (κ3) is 2.88. The number of nitrogens with two attached hydrogens (primary N) is 1. The summed E-state index contributed by atoms with van der Waals surface area (Å²) in [6.45, 7) is 2.81. The van der Waals surface area contributed by atoms with E-state index in [2.05, 4.69) is 15.0 Å². The summed E-state index contributed by atoms with van der Waals surface area (Å²) in [7, 11) is 0. The predicted molar refractivity (Wildman–Crippen MR) is 69.7 cm³/mol. The molecule has 0 aliphatic rings. The maximum absolute atomic E-state index is 5.66. The SMILES string of the molecule is CCOc1ccccc1OCc1nnsc1NN. The van der Waals surface area contributed by atoms with E-state index in [-0.39, 0.29) is 0 Å². The van der Waals surface area contributed by atoms with Crippen LogP contribution in [0.4, 0.5) is 5.00 Å². The van der Waals surface area contributed by atoms with Gasteiger partial charge in [0.05, 0.1) is 6.61 Å². The van der Waals surface area contributed by atoms with Crippen LogP contribution in [0.25, 0.3) is 0 Å². The van der Waals surface area contributed by atoms with Crippen molar-refractivity contribution in [3.05, 3.63) is 30.0 Å². The first-order valence-electron chi connectivity index (χ1n) is 5.47. The van der Waals surface area contributed by atoms with E-state index in [9.17, 15) is 0 Å². The molecule has 1 aromatic heterocycles. The molecule has 6 nitrogen and oxygen atoms in total. The molecule has 0 unspecified atom stereocenters. The van der Waals surface area contributed by atoms with Gasteiger partial charge in [-0.25, -0.2) is 5.84 Å². The first-order valence-corrected chi connectivity index (χ1v) is 6.25. The molecular formula is C11H14N4O2S. The fraction of sp³-hybridized carbons (Fsp3) is 0.273. The second kappa shape index (κ2) is 6.18. The second-order valence-corrected chi connectivity index (χ2v) is 4.12. The Hall–Kier alpha value is -1.86. The quantitative estimate of drug-likeness (QED) is 0.613. The van der Waals surface area contributed by atoms with Gasteiger partial charge in [0, 0.05) is 11.5 Å². The molecular weight excluding hydrogens is 252 g/mol. The van der Waals surface area contributed by atoms with Gasteiger partial charge in [-0.1, -0.05) is 16.6 Å². The van der Waals surface area contributed by atoms with Gasteiger partial charge in [-0.3, -0.25) is 0 Å². The van der Waals surface area contributed by atoms with Crippen molar-refractivity contribution in [2.75, 3.05) is 12.0 Å². The summed E-state index contributed by atoms with van der Waals surface area (Å²) in [5.41, 5.74) is 3.21. The van der Waals surface area contributed by atoms with Crippen LogP contribution >= 0.6 is 11.5 Å². The van der Waals surface area contributed by atoms with Crippen molar-refractivity contribution in [2.45, 2.75) is 13.5 Å². The first kappa shape index (κ1) is 12.6. The minimum atomic E-state index is 0.292. The number of anilines is 1. The summed E-state index contributed by atoms with van der Waals surface area (Å²) in [5, 5.41) is 4.64. The lowest BCUT2D eigenvalue weighted by Gasteiger charge is -2.10. The molecule has 3 N–H and O–H groups in total. The molecule has 0 saturated carbocycles. The van der Waals surface area contributed by atoms with Crippen LogP contribution in [-0.2, 0) is 6.61 Å². The normalized spacial score (nSPS) is 10.1. The molecule has 0 aliphatic carbocycles. The first-order chi connectivity index (χ1) is 8.85. The van der Waals surface area contributed by atoms with Crippen LogP contribution in [0.2, 0.25) is 0 Å². The molecule has 0 bridgehead atoms. The predicted octanol–water partition coefficient (Wildman–Crippen LogP) is 1.80. The third-order valence-corrected chi connectivity index (χ3v) is 2.90. The Morgan fingerprint density at radius 2 is 2.00 bits per heavy atom. The summed E-state index contributed by atoms with van der Waals surface area (Å²) < 4.78 is 14.9. The van der Waals surface area contributed by atoms with E-state index in [0.29, 0.717) is 35.4 Å². The van der Waals surface area contributed by atoms with Gasteiger partial charge >= 0.3 is 0 Å². The molecule has 0 atom stereocenters. The zero-order chi connectivity index (χ0) is 12.8. The number of rotatable bonds is 6. The zero-order valence-corrected chi connectivity index (χ0v) is 10.7. The minimum absolute atomic E-state index is 0.292. The lowest BCUT2D eigenvalue weighted by atomic mass is 10.3. The van der Waals surface area contributed by atoms with E-state index < -0.39 is 0 Å². The van der Waals surface area contributed by atoms with Crippen molar-refractivity contribution in [3.63, 3.8) is 0 Å². The molecule has 0 radical (unpaired) electrons. The van der Waals surface area contributed by atoms with E-state index in [1.807, 2.05) is 31.2 Å². The Bertz CT molecular complexity index is 503. The van der Waals surface area contributed by atoms with Crippen LogP contribution in [0.3, 0.4) is 0 Å². The summed E-state index contributed by atoms with van der Waals surface area (Å²) in [5.74, 6) is 6.73. The molecule has 0 spiro atoms. The number of nitrogens with zero attached hydrogens (tertiary/aromatic N) is 2. The zero-order valence-electron chi connectivity index (χ0n) is 9.92. The van der Waals surface area contributed by atoms with Gasteiger partial charge in [-0.2, -0.15) is 0 Å². The number of nitrogen functional groups attached to an aromatic ring is 1. The highest BCUT2D eigenvalue weighted by Gasteiger charge is 2.09. The molecule has 1 heterocycles. The van der Waals surface area contributed by atoms with Gasteiger partial charge in [0.2, 0.25) is 0 Å². The third-order valence-electron chi connectivity index (χ3n) is 2.20. The number of benzene rings is 1. The van der Waals surface area contributed by atoms with E-state index in [4.69, 9.17) is 15.3 Å². The molecule has 18 heavy (non-hydrogen) atoms. The average Bonchev–Trinajstić information content (AvgIpc) is 2.85. The summed E-state index contributed by atoms with van der Waals surface area (Å²) >= 11 is 1.19. The molecule has 2 aromatic rings. The van der Waals surface area contributed by atoms with Gasteiger partial charge in [-0.15, -0.1) is 5.10 Å². The van der Waals surface area contributed by atoms with Crippen molar-refractivity contribution in [1.29, 1.82) is 0 Å². The number of ether oxygens (including phenoxy) is 2. The Morgan fingerprint density at radius 3 is 2.67 bits per heavy atom. The van der Waals surface area contributed by atoms with Crippen molar-refractivity contribution in [2.24, 2.45) is 5.84 Å². The second-order valence-electron chi connectivity index (χ2n) is 3.36. The van der Waals surface area contributed by atoms with Crippen LogP contribution in [-0.4, -0.2) is 16.2 Å². The fourth-order valence-electron chi connectivity index (χ4n) is 1.40. The summed E-state index contributed by atoms with van der Waals surface area (Å²) in [4.78, 5) is 0. The highest BCUT2D eigenvalue weighted by molar-refractivity contribution is 7.10. The Balaban J connectivity index is 2.06. The Morgan fingerprint density at radius 1 is 1.28 bits per heavy atom. The Kier molecular flexibility index (Phi) is 4.32. The molecule has 96 valence electrons. The molecule has 7 heteroatoms. The van der Waals surface area contributed by atoms with E-state index in [0.717, 1.165) is 0 Å². The van der Waals surface area contributed by atoms with Crippen LogP contribution in [0.5, 0.6) is 11.5 Å². The molecule has 2 rings (SSSR count). The van der Waals surface area contributed by atoms with E-state index in [1.54, 1.807) is 0 Å². The summed E-state index contributed by atoms with van der Waals surface area (Å²) in [6.07, 6.45) is 0. The maximum atomic E-state index is 5.66. The maximum Gasteiger partial charge on any atom is 0.161 e. The van der Waals surface area contributed by atoms with Crippen molar-refractivity contribution in [1.82, 2.24) is 9.59 Å². The van der Waals surface area contributed by atoms with Crippen molar-refractivity contribution in [3.8, 4) is 11.5 Å². The fourth-order valence-corrected chi connectivity index (χ4v) is 1.88. The monoisotopic (exact) mass is 266 g/mol. The van der Waals surface area contributed by atoms with Gasteiger partial charge in [-0.05, 0) is 19.1 Å². The largest absolute Gasteiger partial charge is 0.490 e. The van der Waals surface area contributed by atoms with Gasteiger partial charge < -0.3 is 14.9 Å². The lowest BCUT2D eigenvalue weighted by molar-refractivity contribution is 0.267. The highest BCUT2D eigenvalue weighted by Crippen LogP contribution is 2.28. The van der Waals surface area contributed by atoms with Gasteiger partial charge in [0.15, 0.2) is 16.5 Å². The molecule has 0 aliphatic heterocycles. The number of hydrazine groups is 1. The van der Waals surface area contributed by atoms with Crippen molar-refractivity contribution < 1.29 is 9.47 Å². The highest BCUT2D eigenvalue weighted by atomic mass is 32.1. The number of hydrogen-bond acceptors (Lipinski definition) is 7. The van der Waals surface area contributed by atoms with Gasteiger partial charge in [0.1, 0.15) is 12.3 Å². The number of nitrogens with one attached hydrogen (secondary N) is 1. The topological polar surface area (TPSA) is 82.3 Å². The number of para-hydroxylation sites is 2. The summed E-state index contributed by atoms with van der Waals surface area (Å²) in [6, 6.07) is 7.49. The molecule has 1 aromatic carbocycles. The van der Waals surface area contributed by atoms with E-state index >= 15 is 0 Å². The standard InChI is InChI=1S/C11H14N4O2S/c1-2-16-9-5-3-4-6-10(9)17-7-8-11(13-12)18-15-14-8/h3-6,13H,2,7,12H2,1H3. The van der Waals surface area contributed by atoms with Crippen molar-refractivity contribution >= 4 is 16.5 Å². The minimum Gasteiger partial charge on any atom is -0.490 e. The van der Waals surface area contributed by atoms with Crippen LogP contribution < -0.4 is 20.7 Å². The Labute approximate surface area is 109 Å².